The summed E-state index contributed by atoms with van der Waals surface area (Å²) in [6.45, 7) is 7.12. The monoisotopic (exact) mass is 354 g/mol. The zero-order valence-electron chi connectivity index (χ0n) is 14.1. The Kier molecular flexibility index (Phi) is 6.68. The maximum atomic E-state index is 12.2. The van der Waals surface area contributed by atoms with Crippen LogP contribution in [0.15, 0.2) is 41.3 Å². The van der Waals surface area contributed by atoms with E-state index >= 15 is 0 Å². The second-order valence-electron chi connectivity index (χ2n) is 5.95. The Morgan fingerprint density at radius 3 is 2.21 bits per heavy atom. The summed E-state index contributed by atoms with van der Waals surface area (Å²) in [6, 6.07) is 5.71. The van der Waals surface area contributed by atoms with Gasteiger partial charge in [-0.1, -0.05) is 0 Å². The highest BCUT2D eigenvalue weighted by Gasteiger charge is 2.21. The van der Waals surface area contributed by atoms with Gasteiger partial charge < -0.3 is 10.1 Å². The fourth-order valence-electron chi connectivity index (χ4n) is 1.70. The molecule has 0 radical (unpaired) electrons. The number of benzene rings is 1. The Morgan fingerprint density at radius 1 is 1.12 bits per heavy atom. The molecule has 0 aromatic heterocycles. The number of esters is 1. The number of hydrogen-bond donors (Lipinski definition) is 2. The first-order valence-corrected chi connectivity index (χ1v) is 8.81. The van der Waals surface area contributed by atoms with Crippen molar-refractivity contribution in [3.63, 3.8) is 0 Å². The van der Waals surface area contributed by atoms with Crippen molar-refractivity contribution in [1.82, 2.24) is 4.72 Å². The number of anilines is 1. The van der Waals surface area contributed by atoms with Crippen molar-refractivity contribution >= 4 is 27.6 Å². The molecular weight excluding hydrogens is 332 g/mol. The molecule has 0 bridgehead atoms. The van der Waals surface area contributed by atoms with Gasteiger partial charge in [0.2, 0.25) is 15.9 Å². The van der Waals surface area contributed by atoms with E-state index in [1.807, 2.05) is 0 Å². The van der Waals surface area contributed by atoms with E-state index in [2.05, 4.69) is 14.8 Å². The molecular formula is C16H22N2O5S. The van der Waals surface area contributed by atoms with Crippen LogP contribution in [0.3, 0.4) is 0 Å². The van der Waals surface area contributed by atoms with E-state index in [4.69, 9.17) is 0 Å². The van der Waals surface area contributed by atoms with Gasteiger partial charge in [-0.25, -0.2) is 17.9 Å². The average molecular weight is 354 g/mol. The first-order chi connectivity index (χ1) is 11.0. The van der Waals surface area contributed by atoms with Crippen molar-refractivity contribution in [3.8, 4) is 0 Å². The number of ether oxygens (including phenoxy) is 1. The van der Waals surface area contributed by atoms with Crippen LogP contribution >= 0.6 is 0 Å². The summed E-state index contributed by atoms with van der Waals surface area (Å²) in [7, 11) is -3.63. The van der Waals surface area contributed by atoms with Gasteiger partial charge in [0.05, 0.1) is 11.5 Å². The molecule has 0 heterocycles. The molecule has 0 saturated heterocycles. The number of sulfonamides is 1. The second-order valence-corrected chi connectivity index (χ2v) is 7.64. The lowest BCUT2D eigenvalue weighted by molar-refractivity contribution is -0.137. The molecule has 1 amide bonds. The molecule has 1 aromatic rings. The van der Waals surface area contributed by atoms with Crippen LogP contribution in [0.1, 0.15) is 27.7 Å². The van der Waals surface area contributed by atoms with Crippen LogP contribution < -0.4 is 10.0 Å². The lowest BCUT2D eigenvalue weighted by atomic mass is 10.1. The average Bonchev–Trinajstić information content (AvgIpc) is 2.43. The fourth-order valence-corrected chi connectivity index (χ4v) is 3.12. The Labute approximate surface area is 142 Å². The molecule has 1 aromatic carbocycles. The molecule has 2 N–H and O–H groups in total. The molecule has 7 nitrogen and oxygen atoms in total. The van der Waals surface area contributed by atoms with Gasteiger partial charge in [-0.15, -0.1) is 0 Å². The van der Waals surface area contributed by atoms with Crippen molar-refractivity contribution in [2.45, 2.75) is 38.1 Å². The molecule has 0 aliphatic heterocycles. The van der Waals surface area contributed by atoms with E-state index in [1.54, 1.807) is 27.7 Å². The molecule has 0 fully saturated rings. The molecule has 0 aliphatic rings. The Balaban J connectivity index is 2.75. The first kappa shape index (κ1) is 19.9. The highest BCUT2D eigenvalue weighted by atomic mass is 32.2. The van der Waals surface area contributed by atoms with Gasteiger partial charge >= 0.3 is 5.97 Å². The lowest BCUT2D eigenvalue weighted by Gasteiger charge is -2.20. The molecule has 24 heavy (non-hydrogen) atoms. The zero-order valence-corrected chi connectivity index (χ0v) is 14.9. The largest absolute Gasteiger partial charge is 0.463 e. The Bertz CT molecular complexity index is 716. The van der Waals surface area contributed by atoms with E-state index in [0.717, 1.165) is 12.2 Å². The summed E-state index contributed by atoms with van der Waals surface area (Å²) in [6.07, 6.45) is 2.06. The van der Waals surface area contributed by atoms with Gasteiger partial charge in [-0.3, -0.25) is 4.79 Å². The first-order valence-electron chi connectivity index (χ1n) is 7.33. The fraction of sp³-hybridized carbons (Fsp3) is 0.375. The van der Waals surface area contributed by atoms with Crippen LogP contribution in [0, 0.1) is 0 Å². The molecule has 1 rings (SSSR count). The SMILES string of the molecule is CCOC(=O)/C=C/C(=O)Nc1ccc(S(=O)(=O)NC(C)(C)C)cc1. The molecule has 0 aliphatic carbocycles. The third-order valence-corrected chi connectivity index (χ3v) is 4.30. The van der Waals surface area contributed by atoms with Crippen molar-refractivity contribution in [3.05, 3.63) is 36.4 Å². The minimum absolute atomic E-state index is 0.0949. The quantitative estimate of drug-likeness (QED) is 0.599. The van der Waals surface area contributed by atoms with Crippen molar-refractivity contribution in [2.24, 2.45) is 0 Å². The van der Waals surface area contributed by atoms with Crippen LogP contribution in [0.2, 0.25) is 0 Å². The van der Waals surface area contributed by atoms with Gasteiger partial charge in [0.25, 0.3) is 0 Å². The van der Waals surface area contributed by atoms with E-state index < -0.39 is 27.4 Å². The number of hydrogen-bond acceptors (Lipinski definition) is 5. The number of nitrogens with one attached hydrogen (secondary N) is 2. The number of rotatable bonds is 6. The summed E-state index contributed by atoms with van der Waals surface area (Å²) in [5, 5.41) is 2.52. The van der Waals surface area contributed by atoms with Gasteiger partial charge in [0.15, 0.2) is 0 Å². The van der Waals surface area contributed by atoms with Gasteiger partial charge in [0, 0.05) is 23.4 Å². The van der Waals surface area contributed by atoms with Crippen molar-refractivity contribution in [2.75, 3.05) is 11.9 Å². The van der Waals surface area contributed by atoms with E-state index in [9.17, 15) is 18.0 Å². The second kappa shape index (κ2) is 8.07. The van der Waals surface area contributed by atoms with E-state index in [-0.39, 0.29) is 11.5 Å². The van der Waals surface area contributed by atoms with Crippen LogP contribution in [0.4, 0.5) is 5.69 Å². The normalized spacial score (nSPS) is 12.2. The van der Waals surface area contributed by atoms with Crippen LogP contribution in [-0.2, 0) is 24.3 Å². The maximum Gasteiger partial charge on any atom is 0.330 e. The minimum atomic E-state index is -3.63. The topological polar surface area (TPSA) is 102 Å². The Hall–Kier alpha value is -2.19. The molecule has 132 valence electrons. The number of amides is 1. The summed E-state index contributed by atoms with van der Waals surface area (Å²) in [5.74, 6) is -1.13. The third kappa shape index (κ3) is 6.93. The molecule has 8 heteroatoms. The van der Waals surface area contributed by atoms with Crippen molar-refractivity contribution in [1.29, 1.82) is 0 Å². The van der Waals surface area contributed by atoms with Crippen LogP contribution in [0.5, 0.6) is 0 Å². The third-order valence-electron chi connectivity index (χ3n) is 2.53. The summed E-state index contributed by atoms with van der Waals surface area (Å²) in [5.41, 5.74) is -0.188. The smallest absolute Gasteiger partial charge is 0.330 e. The lowest BCUT2D eigenvalue weighted by Crippen LogP contribution is -2.40. The molecule has 0 spiro atoms. The summed E-state index contributed by atoms with van der Waals surface area (Å²) < 4.78 is 31.5. The molecule has 0 saturated carbocycles. The molecule has 0 unspecified atom stereocenters. The predicted molar refractivity (Wildman–Crippen MR) is 90.9 cm³/mol. The summed E-state index contributed by atoms with van der Waals surface area (Å²) in [4.78, 5) is 22.9. The molecule has 0 atom stereocenters. The number of carbonyl (C=O) groups is 2. The Morgan fingerprint density at radius 2 is 1.71 bits per heavy atom. The minimum Gasteiger partial charge on any atom is -0.463 e. The predicted octanol–water partition coefficient (Wildman–Crippen LogP) is 1.82. The van der Waals surface area contributed by atoms with Crippen LogP contribution in [-0.4, -0.2) is 32.4 Å². The van der Waals surface area contributed by atoms with Gasteiger partial charge in [0.1, 0.15) is 0 Å². The van der Waals surface area contributed by atoms with Crippen LogP contribution in [0.25, 0.3) is 0 Å². The van der Waals surface area contributed by atoms with Gasteiger partial charge in [-0.05, 0) is 52.0 Å². The number of carbonyl (C=O) groups excluding carboxylic acids is 2. The van der Waals surface area contributed by atoms with E-state index in [0.29, 0.717) is 5.69 Å². The standard InChI is InChI=1S/C16H22N2O5S/c1-5-23-15(20)11-10-14(19)17-12-6-8-13(9-7-12)24(21,22)18-16(2,3)4/h6-11,18H,5H2,1-4H3,(H,17,19)/b11-10+. The maximum absolute atomic E-state index is 12.2. The zero-order chi connectivity index (χ0) is 18.4. The van der Waals surface area contributed by atoms with E-state index in [1.165, 1.54) is 24.3 Å². The highest BCUT2D eigenvalue weighted by molar-refractivity contribution is 7.89. The van der Waals surface area contributed by atoms with Crippen molar-refractivity contribution < 1.29 is 22.7 Å². The highest BCUT2D eigenvalue weighted by Crippen LogP contribution is 2.16. The summed E-state index contributed by atoms with van der Waals surface area (Å²) >= 11 is 0. The van der Waals surface area contributed by atoms with Gasteiger partial charge in [-0.2, -0.15) is 0 Å².